The molecule has 1 heterocycles. The van der Waals surface area contributed by atoms with Crippen LogP contribution in [0.5, 0.6) is 5.88 Å². The molecule has 4 nitrogen and oxygen atoms in total. The number of carbonyl (C=O) groups excluding carboxylic acids is 1. The smallest absolute Gasteiger partial charge is 0.229 e. The Labute approximate surface area is 122 Å². The first kappa shape index (κ1) is 14.4. The fourth-order valence-electron chi connectivity index (χ4n) is 1.84. The van der Waals surface area contributed by atoms with E-state index in [0.717, 1.165) is 5.56 Å². The molecular formula is C13H16Cl2N2O2. The number of ether oxygens (including phenoxy) is 1. The highest BCUT2D eigenvalue weighted by atomic mass is 35.5. The minimum Gasteiger partial charge on any atom is -0.478 e. The maximum atomic E-state index is 12.0. The van der Waals surface area contributed by atoms with E-state index in [1.54, 1.807) is 19.2 Å². The van der Waals surface area contributed by atoms with Gasteiger partial charge in [-0.05, 0) is 26.3 Å². The summed E-state index contributed by atoms with van der Waals surface area (Å²) in [6.45, 7) is 4.52. The van der Waals surface area contributed by atoms with Gasteiger partial charge in [-0.3, -0.25) is 4.79 Å². The van der Waals surface area contributed by atoms with Gasteiger partial charge in [0, 0.05) is 18.3 Å². The molecule has 2 rings (SSSR count). The van der Waals surface area contributed by atoms with Crippen molar-refractivity contribution in [3.05, 3.63) is 23.9 Å². The van der Waals surface area contributed by atoms with E-state index in [2.05, 4.69) is 10.3 Å². The number of rotatable bonds is 5. The second-order valence-corrected chi connectivity index (χ2v) is 6.28. The van der Waals surface area contributed by atoms with E-state index in [4.69, 9.17) is 27.9 Å². The van der Waals surface area contributed by atoms with Gasteiger partial charge in [-0.2, -0.15) is 0 Å². The summed E-state index contributed by atoms with van der Waals surface area (Å²) in [6.07, 6.45) is 2.13. The first-order valence-corrected chi connectivity index (χ1v) is 6.89. The van der Waals surface area contributed by atoms with Crippen molar-refractivity contribution in [3.8, 4) is 5.88 Å². The summed E-state index contributed by atoms with van der Waals surface area (Å²) in [7, 11) is 0. The predicted octanol–water partition coefficient (Wildman–Crippen LogP) is 2.68. The number of hydrogen-bond donors (Lipinski definition) is 1. The topological polar surface area (TPSA) is 51.2 Å². The third-order valence-electron chi connectivity index (χ3n) is 3.33. The summed E-state index contributed by atoms with van der Waals surface area (Å²) in [5.74, 6) is 0.387. The summed E-state index contributed by atoms with van der Waals surface area (Å²) < 4.78 is 4.45. The fourth-order valence-corrected chi connectivity index (χ4v) is 2.55. The molecular weight excluding hydrogens is 287 g/mol. The number of hydrogen-bond acceptors (Lipinski definition) is 3. The molecule has 1 unspecified atom stereocenters. The Morgan fingerprint density at radius 2 is 2.26 bits per heavy atom. The minimum atomic E-state index is -0.950. The zero-order valence-electron chi connectivity index (χ0n) is 10.9. The van der Waals surface area contributed by atoms with Gasteiger partial charge >= 0.3 is 0 Å². The van der Waals surface area contributed by atoms with Gasteiger partial charge in [0.25, 0.3) is 0 Å². The van der Waals surface area contributed by atoms with E-state index in [0.29, 0.717) is 25.5 Å². The lowest BCUT2D eigenvalue weighted by atomic mass is 10.1. The number of halogens is 2. The fraction of sp³-hybridized carbons (Fsp3) is 0.538. The largest absolute Gasteiger partial charge is 0.478 e. The van der Waals surface area contributed by atoms with Gasteiger partial charge in [0.2, 0.25) is 11.8 Å². The Bertz CT molecular complexity index is 493. The van der Waals surface area contributed by atoms with E-state index in [-0.39, 0.29) is 5.91 Å². The lowest BCUT2D eigenvalue weighted by Crippen LogP contribution is -2.33. The average molecular weight is 303 g/mol. The Morgan fingerprint density at radius 1 is 1.58 bits per heavy atom. The Kier molecular flexibility index (Phi) is 3.92. The number of pyridine rings is 1. The summed E-state index contributed by atoms with van der Waals surface area (Å²) in [5, 5.41) is 2.83. The van der Waals surface area contributed by atoms with Gasteiger partial charge in [-0.15, -0.1) is 23.2 Å². The van der Waals surface area contributed by atoms with Gasteiger partial charge < -0.3 is 10.1 Å². The predicted molar refractivity (Wildman–Crippen MR) is 74.4 cm³/mol. The minimum absolute atomic E-state index is 0.149. The van der Waals surface area contributed by atoms with Crippen molar-refractivity contribution < 1.29 is 9.53 Å². The van der Waals surface area contributed by atoms with Crippen molar-refractivity contribution in [2.24, 2.45) is 5.41 Å². The van der Waals surface area contributed by atoms with Crippen LogP contribution in [0, 0.1) is 5.41 Å². The van der Waals surface area contributed by atoms with Crippen LogP contribution in [0.4, 0.5) is 0 Å². The van der Waals surface area contributed by atoms with Crippen LogP contribution in [0.15, 0.2) is 18.3 Å². The van der Waals surface area contributed by atoms with E-state index in [9.17, 15) is 4.79 Å². The summed E-state index contributed by atoms with van der Waals surface area (Å²) >= 11 is 11.9. The molecule has 0 radical (unpaired) electrons. The highest BCUT2D eigenvalue weighted by Crippen LogP contribution is 2.63. The summed E-state index contributed by atoms with van der Waals surface area (Å²) in [6, 6.07) is 3.67. The number of carbonyl (C=O) groups is 1. The van der Waals surface area contributed by atoms with E-state index in [1.165, 1.54) is 0 Å². The monoisotopic (exact) mass is 302 g/mol. The van der Waals surface area contributed by atoms with Gasteiger partial charge in [-0.1, -0.05) is 6.07 Å². The van der Waals surface area contributed by atoms with Crippen LogP contribution >= 0.6 is 23.2 Å². The zero-order chi connectivity index (χ0) is 14.1. The Balaban J connectivity index is 1.98. The molecule has 0 spiro atoms. The van der Waals surface area contributed by atoms with Crippen LogP contribution in [0.1, 0.15) is 25.8 Å². The van der Waals surface area contributed by atoms with Crippen molar-refractivity contribution in [1.29, 1.82) is 0 Å². The second-order valence-electron chi connectivity index (χ2n) is 4.80. The van der Waals surface area contributed by atoms with Crippen LogP contribution in [-0.4, -0.2) is 21.8 Å². The molecule has 0 aromatic carbocycles. The average Bonchev–Trinajstić information content (AvgIpc) is 2.89. The number of aromatic nitrogens is 1. The molecule has 1 aromatic rings. The lowest BCUT2D eigenvalue weighted by molar-refractivity contribution is -0.125. The molecule has 6 heteroatoms. The van der Waals surface area contributed by atoms with Crippen molar-refractivity contribution in [2.75, 3.05) is 6.61 Å². The van der Waals surface area contributed by atoms with Crippen LogP contribution in [0.3, 0.4) is 0 Å². The SMILES string of the molecule is CCOc1ncccc1CNC(=O)C1(C)CC1(Cl)Cl. The summed E-state index contributed by atoms with van der Waals surface area (Å²) in [4.78, 5) is 16.2. The molecule has 104 valence electrons. The van der Waals surface area contributed by atoms with Gasteiger partial charge in [0.15, 0.2) is 0 Å². The molecule has 1 aliphatic carbocycles. The van der Waals surface area contributed by atoms with Gasteiger partial charge in [0.1, 0.15) is 4.33 Å². The van der Waals surface area contributed by atoms with Crippen molar-refractivity contribution in [1.82, 2.24) is 10.3 Å². The highest BCUT2D eigenvalue weighted by molar-refractivity contribution is 6.53. The molecule has 1 amide bonds. The molecule has 0 aliphatic heterocycles. The standard InChI is InChI=1S/C13H16Cl2N2O2/c1-3-19-10-9(5-4-6-16-10)7-17-11(18)12(2)8-13(12,14)15/h4-6H,3,7-8H2,1-2H3,(H,17,18). The Hall–Kier alpha value is -1.000. The van der Waals surface area contributed by atoms with E-state index < -0.39 is 9.75 Å². The molecule has 19 heavy (non-hydrogen) atoms. The molecule has 1 aromatic heterocycles. The normalized spacial score (nSPS) is 23.8. The van der Waals surface area contributed by atoms with Crippen molar-refractivity contribution in [2.45, 2.75) is 31.1 Å². The van der Waals surface area contributed by atoms with E-state index >= 15 is 0 Å². The molecule has 1 aliphatic rings. The Morgan fingerprint density at radius 3 is 2.84 bits per heavy atom. The van der Waals surface area contributed by atoms with Crippen LogP contribution in [-0.2, 0) is 11.3 Å². The lowest BCUT2D eigenvalue weighted by Gasteiger charge is -2.14. The number of nitrogens with zero attached hydrogens (tertiary/aromatic N) is 1. The first-order valence-electron chi connectivity index (χ1n) is 6.13. The molecule has 0 saturated heterocycles. The maximum absolute atomic E-state index is 12.0. The number of alkyl halides is 2. The third-order valence-corrected chi connectivity index (χ3v) is 4.43. The third kappa shape index (κ3) is 2.79. The van der Waals surface area contributed by atoms with Crippen molar-refractivity contribution in [3.63, 3.8) is 0 Å². The molecule has 1 N–H and O–H groups in total. The van der Waals surface area contributed by atoms with Gasteiger partial charge in [-0.25, -0.2) is 4.98 Å². The summed E-state index contributed by atoms with van der Waals surface area (Å²) in [5.41, 5.74) is 0.126. The van der Waals surface area contributed by atoms with Gasteiger partial charge in [0.05, 0.1) is 12.0 Å². The zero-order valence-corrected chi connectivity index (χ0v) is 12.4. The van der Waals surface area contributed by atoms with E-state index in [1.807, 2.05) is 13.0 Å². The molecule has 1 fully saturated rings. The maximum Gasteiger partial charge on any atom is 0.229 e. The molecule has 0 bridgehead atoms. The van der Waals surface area contributed by atoms with Crippen LogP contribution in [0.2, 0.25) is 0 Å². The van der Waals surface area contributed by atoms with Crippen molar-refractivity contribution >= 4 is 29.1 Å². The second kappa shape index (κ2) is 5.17. The first-order chi connectivity index (χ1) is 8.90. The number of nitrogens with one attached hydrogen (secondary N) is 1. The highest BCUT2D eigenvalue weighted by Gasteiger charge is 2.67. The number of amides is 1. The van der Waals surface area contributed by atoms with Crippen LogP contribution < -0.4 is 10.1 Å². The van der Waals surface area contributed by atoms with Crippen LogP contribution in [0.25, 0.3) is 0 Å². The quantitative estimate of drug-likeness (QED) is 0.851. The molecule has 1 atom stereocenters. The molecule has 1 saturated carbocycles.